The molecule has 0 radical (unpaired) electrons. The number of rotatable bonds is 6. The van der Waals surface area contributed by atoms with Gasteiger partial charge in [-0.05, 0) is 67.6 Å². The number of nitrogens with one attached hydrogen (secondary N) is 1. The van der Waals surface area contributed by atoms with Crippen molar-refractivity contribution in [3.05, 3.63) is 77.6 Å². The van der Waals surface area contributed by atoms with E-state index in [-0.39, 0.29) is 16.9 Å². The van der Waals surface area contributed by atoms with Gasteiger partial charge in [0.2, 0.25) is 0 Å². The molecule has 0 atom stereocenters. The molecule has 1 aliphatic carbocycles. The fourth-order valence-corrected chi connectivity index (χ4v) is 4.08. The van der Waals surface area contributed by atoms with Crippen molar-refractivity contribution in [3.63, 3.8) is 0 Å². The van der Waals surface area contributed by atoms with Crippen molar-refractivity contribution in [3.8, 4) is 22.9 Å². The van der Waals surface area contributed by atoms with Crippen LogP contribution in [-0.4, -0.2) is 16.3 Å². The molecule has 164 valence electrons. The minimum atomic E-state index is -3.63. The average Bonchev–Trinajstić information content (AvgIpc) is 3.52. The first kappa shape index (κ1) is 20.4. The Morgan fingerprint density at radius 1 is 1.06 bits per heavy atom. The highest BCUT2D eigenvalue weighted by molar-refractivity contribution is 5.63. The summed E-state index contributed by atoms with van der Waals surface area (Å²) in [5, 5.41) is 3.34. The molecular formula is C25H23F2N3O2. The van der Waals surface area contributed by atoms with Gasteiger partial charge in [0.25, 0.3) is 0 Å². The zero-order valence-corrected chi connectivity index (χ0v) is 17.9. The van der Waals surface area contributed by atoms with Gasteiger partial charge in [-0.25, -0.2) is 4.98 Å². The second-order valence-corrected chi connectivity index (χ2v) is 8.24. The Kier molecular flexibility index (Phi) is 4.65. The van der Waals surface area contributed by atoms with Crippen LogP contribution in [0.1, 0.15) is 36.6 Å². The number of nitrogens with zero attached hydrogens (tertiary/aromatic N) is 2. The van der Waals surface area contributed by atoms with E-state index < -0.39 is 6.29 Å². The van der Waals surface area contributed by atoms with Crippen LogP contribution in [0, 0.1) is 6.92 Å². The van der Waals surface area contributed by atoms with Gasteiger partial charge < -0.3 is 14.8 Å². The van der Waals surface area contributed by atoms with Crippen LogP contribution in [0.5, 0.6) is 11.5 Å². The maximum atomic E-state index is 13.4. The summed E-state index contributed by atoms with van der Waals surface area (Å²) < 4.78 is 35.9. The summed E-state index contributed by atoms with van der Waals surface area (Å²) in [7, 11) is 0. The third-order valence-corrected chi connectivity index (χ3v) is 6.07. The zero-order chi connectivity index (χ0) is 22.5. The lowest BCUT2D eigenvalue weighted by Crippen LogP contribution is -2.26. The normalized spacial score (nSPS) is 17.1. The van der Waals surface area contributed by atoms with Crippen LogP contribution in [-0.2, 0) is 11.8 Å². The van der Waals surface area contributed by atoms with Crippen LogP contribution in [0.25, 0.3) is 11.4 Å². The van der Waals surface area contributed by atoms with Crippen LogP contribution >= 0.6 is 0 Å². The number of alkyl halides is 2. The van der Waals surface area contributed by atoms with Gasteiger partial charge in [-0.3, -0.25) is 4.98 Å². The topological polar surface area (TPSA) is 56.3 Å². The van der Waals surface area contributed by atoms with E-state index in [1.807, 2.05) is 37.3 Å². The van der Waals surface area contributed by atoms with Crippen molar-refractivity contribution < 1.29 is 18.3 Å². The fraction of sp³-hybridized carbons (Fsp3) is 0.280. The number of aryl methyl sites for hydroxylation is 2. The van der Waals surface area contributed by atoms with E-state index in [0.717, 1.165) is 53.2 Å². The number of aromatic nitrogens is 2. The summed E-state index contributed by atoms with van der Waals surface area (Å²) in [5.74, 6) is 0.752. The Morgan fingerprint density at radius 2 is 1.84 bits per heavy atom. The molecule has 0 spiro atoms. The van der Waals surface area contributed by atoms with Crippen LogP contribution < -0.4 is 14.8 Å². The van der Waals surface area contributed by atoms with Crippen LogP contribution in [0.3, 0.4) is 0 Å². The molecule has 0 unspecified atom stereocenters. The maximum absolute atomic E-state index is 13.4. The van der Waals surface area contributed by atoms with Gasteiger partial charge in [0.15, 0.2) is 11.5 Å². The number of halogens is 2. The Bertz CT molecular complexity index is 1220. The molecule has 1 N–H and O–H groups in total. The van der Waals surface area contributed by atoms with E-state index >= 15 is 0 Å². The highest BCUT2D eigenvalue weighted by atomic mass is 19.3. The standard InChI is InChI=1S/C25H23F2N3O2/c1-4-18-6-5-7-19(29-18)23-15(2)8-11-22(30-23)28-16(3)24(12-13-24)17-9-10-20-21(14-17)32-25(26,27)31-20/h5-11,14H,3-4,12-13H2,1-2H3,(H,28,30). The van der Waals surface area contributed by atoms with Crippen LogP contribution in [0.4, 0.5) is 14.6 Å². The zero-order valence-electron chi connectivity index (χ0n) is 17.9. The molecular weight excluding hydrogens is 412 g/mol. The third kappa shape index (κ3) is 3.57. The number of pyridine rings is 2. The molecule has 1 saturated carbocycles. The Hall–Kier alpha value is -3.48. The van der Waals surface area contributed by atoms with Crippen molar-refractivity contribution in [2.45, 2.75) is 44.8 Å². The molecule has 5 nitrogen and oxygen atoms in total. The molecule has 0 amide bonds. The summed E-state index contributed by atoms with van der Waals surface area (Å²) >= 11 is 0. The number of allylic oxidation sites excluding steroid dienone is 1. The average molecular weight is 435 g/mol. The van der Waals surface area contributed by atoms with E-state index in [4.69, 9.17) is 9.97 Å². The first-order valence-corrected chi connectivity index (χ1v) is 10.6. The van der Waals surface area contributed by atoms with E-state index in [2.05, 4.69) is 28.3 Å². The molecule has 3 heterocycles. The van der Waals surface area contributed by atoms with Gasteiger partial charge in [-0.2, -0.15) is 0 Å². The second-order valence-electron chi connectivity index (χ2n) is 8.24. The number of fused-ring (bicyclic) bond motifs is 1. The minimum Gasteiger partial charge on any atom is -0.395 e. The van der Waals surface area contributed by atoms with Crippen molar-refractivity contribution >= 4 is 5.82 Å². The van der Waals surface area contributed by atoms with E-state index in [0.29, 0.717) is 5.82 Å². The Balaban J connectivity index is 1.40. The fourth-order valence-electron chi connectivity index (χ4n) is 4.08. The van der Waals surface area contributed by atoms with Gasteiger partial charge in [-0.1, -0.05) is 31.7 Å². The number of benzene rings is 1. The van der Waals surface area contributed by atoms with E-state index in [9.17, 15) is 8.78 Å². The molecule has 3 aromatic rings. The first-order chi connectivity index (χ1) is 15.3. The van der Waals surface area contributed by atoms with Crippen molar-refractivity contribution in [1.82, 2.24) is 9.97 Å². The molecule has 1 aromatic carbocycles. The lowest BCUT2D eigenvalue weighted by atomic mass is 9.92. The quantitative estimate of drug-likeness (QED) is 0.515. The van der Waals surface area contributed by atoms with Gasteiger partial charge in [-0.15, -0.1) is 8.78 Å². The summed E-state index contributed by atoms with van der Waals surface area (Å²) in [4.78, 5) is 9.49. The van der Waals surface area contributed by atoms with Gasteiger partial charge >= 0.3 is 6.29 Å². The molecule has 1 aliphatic heterocycles. The lowest BCUT2D eigenvalue weighted by molar-refractivity contribution is -0.286. The number of ether oxygens (including phenoxy) is 2. The molecule has 7 heteroatoms. The van der Waals surface area contributed by atoms with Crippen molar-refractivity contribution in [1.29, 1.82) is 0 Å². The SMILES string of the molecule is C=C(Nc1ccc(C)c(-c2cccc(CC)n2)n1)C1(c2ccc3c(c2)OC(F)(F)O3)CC1. The number of anilines is 1. The summed E-state index contributed by atoms with van der Waals surface area (Å²) in [6, 6.07) is 14.8. The predicted octanol–water partition coefficient (Wildman–Crippen LogP) is 5.99. The summed E-state index contributed by atoms with van der Waals surface area (Å²) in [6.07, 6.45) is -1.06. The second kappa shape index (κ2) is 7.29. The number of hydrogen-bond acceptors (Lipinski definition) is 5. The monoisotopic (exact) mass is 435 g/mol. The highest BCUT2D eigenvalue weighted by Crippen LogP contribution is 2.55. The molecule has 0 saturated heterocycles. The van der Waals surface area contributed by atoms with Gasteiger partial charge in [0.1, 0.15) is 5.82 Å². The molecule has 32 heavy (non-hydrogen) atoms. The molecule has 1 fully saturated rings. The molecule has 5 rings (SSSR count). The van der Waals surface area contributed by atoms with Crippen molar-refractivity contribution in [2.75, 3.05) is 5.32 Å². The Morgan fingerprint density at radius 3 is 2.59 bits per heavy atom. The highest BCUT2D eigenvalue weighted by Gasteiger charge is 2.49. The Labute approximate surface area is 185 Å². The lowest BCUT2D eigenvalue weighted by Gasteiger charge is -2.21. The third-order valence-electron chi connectivity index (χ3n) is 6.07. The maximum Gasteiger partial charge on any atom is 0.586 e. The largest absolute Gasteiger partial charge is 0.586 e. The van der Waals surface area contributed by atoms with Crippen molar-refractivity contribution in [2.24, 2.45) is 0 Å². The first-order valence-electron chi connectivity index (χ1n) is 10.6. The molecule has 2 aromatic heterocycles. The van der Waals surface area contributed by atoms with Crippen LogP contribution in [0.15, 0.2) is 60.8 Å². The smallest absolute Gasteiger partial charge is 0.395 e. The summed E-state index contributed by atoms with van der Waals surface area (Å²) in [6.45, 7) is 8.32. The van der Waals surface area contributed by atoms with Crippen LogP contribution in [0.2, 0.25) is 0 Å². The summed E-state index contributed by atoms with van der Waals surface area (Å²) in [5.41, 5.74) is 4.95. The van der Waals surface area contributed by atoms with E-state index in [1.165, 1.54) is 6.07 Å². The van der Waals surface area contributed by atoms with E-state index in [1.54, 1.807) is 12.1 Å². The van der Waals surface area contributed by atoms with Gasteiger partial charge in [0.05, 0.1) is 11.4 Å². The predicted molar refractivity (Wildman–Crippen MR) is 118 cm³/mol. The molecule has 2 aliphatic rings. The van der Waals surface area contributed by atoms with Gasteiger partial charge in [0, 0.05) is 16.8 Å². The molecule has 0 bridgehead atoms. The minimum absolute atomic E-state index is 0.0415. The number of hydrogen-bond donors (Lipinski definition) is 1.